The van der Waals surface area contributed by atoms with Gasteiger partial charge in [-0.05, 0) is 42.0 Å². The fourth-order valence-electron chi connectivity index (χ4n) is 3.72. The molecule has 4 rings (SSSR count). The number of benzene rings is 2. The molecule has 0 spiro atoms. The van der Waals surface area contributed by atoms with Crippen LogP contribution in [0.1, 0.15) is 11.5 Å². The van der Waals surface area contributed by atoms with Crippen LogP contribution in [-0.2, 0) is 14.6 Å². The predicted molar refractivity (Wildman–Crippen MR) is 94.9 cm³/mol. The van der Waals surface area contributed by atoms with Crippen LogP contribution in [0.5, 0.6) is 11.5 Å². The number of aliphatic hydroxyl groups is 1. The summed E-state index contributed by atoms with van der Waals surface area (Å²) in [6, 6.07) is 10.3. The highest BCUT2D eigenvalue weighted by Gasteiger charge is 2.75. The highest BCUT2D eigenvalue weighted by Crippen LogP contribution is 2.64. The zero-order valence-corrected chi connectivity index (χ0v) is 15.4. The van der Waals surface area contributed by atoms with Gasteiger partial charge < -0.3 is 19.7 Å². The first-order valence-electron chi connectivity index (χ1n) is 8.05. The molecule has 1 aliphatic heterocycles. The summed E-state index contributed by atoms with van der Waals surface area (Å²) in [5.74, 6) is -1.37. The lowest BCUT2D eigenvalue weighted by atomic mass is 10.00. The SMILES string of the molecule is O=C(O)[C@]1(CO)[C@@H](c2ccc3c(c2)OCO3)[C@@H]1S(=O)(=O)c1ccc(Cl)cc1. The van der Waals surface area contributed by atoms with E-state index in [9.17, 15) is 23.4 Å². The molecule has 3 atom stereocenters. The number of hydrogen-bond acceptors (Lipinski definition) is 6. The molecular weight excluding hydrogens is 396 g/mol. The van der Waals surface area contributed by atoms with Crippen LogP contribution in [0.3, 0.4) is 0 Å². The van der Waals surface area contributed by atoms with Crippen LogP contribution in [0.2, 0.25) is 5.02 Å². The fraction of sp³-hybridized carbons (Fsp3) is 0.278. The van der Waals surface area contributed by atoms with Gasteiger partial charge in [-0.25, -0.2) is 8.42 Å². The third-order valence-electron chi connectivity index (χ3n) is 5.15. The minimum Gasteiger partial charge on any atom is -0.481 e. The van der Waals surface area contributed by atoms with Crippen molar-refractivity contribution < 1.29 is 32.9 Å². The van der Waals surface area contributed by atoms with Crippen LogP contribution < -0.4 is 9.47 Å². The number of aliphatic hydroxyl groups excluding tert-OH is 1. The van der Waals surface area contributed by atoms with Crippen molar-refractivity contribution >= 4 is 27.4 Å². The van der Waals surface area contributed by atoms with E-state index in [2.05, 4.69) is 0 Å². The number of carboxylic acids is 1. The Bertz CT molecular complexity index is 1020. The molecule has 9 heteroatoms. The van der Waals surface area contributed by atoms with E-state index in [0.717, 1.165) is 0 Å². The largest absolute Gasteiger partial charge is 0.481 e. The first-order valence-corrected chi connectivity index (χ1v) is 9.98. The van der Waals surface area contributed by atoms with Crippen LogP contribution in [0.4, 0.5) is 0 Å². The van der Waals surface area contributed by atoms with E-state index in [-0.39, 0.29) is 11.7 Å². The van der Waals surface area contributed by atoms with Crippen molar-refractivity contribution in [3.05, 3.63) is 53.1 Å². The van der Waals surface area contributed by atoms with Crippen molar-refractivity contribution in [2.75, 3.05) is 13.4 Å². The third-order valence-corrected chi connectivity index (χ3v) is 7.69. The summed E-state index contributed by atoms with van der Waals surface area (Å²) in [6.45, 7) is -0.765. The van der Waals surface area contributed by atoms with Crippen LogP contribution in [-0.4, -0.2) is 43.2 Å². The number of sulfone groups is 1. The van der Waals surface area contributed by atoms with Gasteiger partial charge >= 0.3 is 5.97 Å². The van der Waals surface area contributed by atoms with E-state index in [1.165, 1.54) is 24.3 Å². The summed E-state index contributed by atoms with van der Waals surface area (Å²) < 4.78 is 36.8. The maximum absolute atomic E-state index is 13.1. The van der Waals surface area contributed by atoms with Crippen molar-refractivity contribution in [2.24, 2.45) is 5.41 Å². The maximum Gasteiger partial charge on any atom is 0.314 e. The molecule has 0 aromatic heterocycles. The molecule has 1 heterocycles. The van der Waals surface area contributed by atoms with Gasteiger partial charge in [-0.2, -0.15) is 0 Å². The number of carboxylic acid groups (broad SMARTS) is 1. The van der Waals surface area contributed by atoms with Crippen molar-refractivity contribution in [1.82, 2.24) is 0 Å². The Morgan fingerprint density at radius 3 is 2.44 bits per heavy atom. The summed E-state index contributed by atoms with van der Waals surface area (Å²) in [6.07, 6.45) is 0. The minimum absolute atomic E-state index is 0.0417. The number of fused-ring (bicyclic) bond motifs is 1. The Morgan fingerprint density at radius 2 is 1.81 bits per heavy atom. The van der Waals surface area contributed by atoms with Crippen LogP contribution >= 0.6 is 11.6 Å². The fourth-order valence-corrected chi connectivity index (χ4v) is 6.21. The Morgan fingerprint density at radius 1 is 1.15 bits per heavy atom. The van der Waals surface area contributed by atoms with Gasteiger partial charge in [0.05, 0.1) is 16.8 Å². The number of rotatable bonds is 5. The van der Waals surface area contributed by atoms with Crippen molar-refractivity contribution in [2.45, 2.75) is 16.1 Å². The standard InChI is InChI=1S/C18H15ClO7S/c19-11-2-4-12(5-3-11)27(23,24)16-15(18(16,8-20)17(21)22)10-1-6-13-14(7-10)26-9-25-13/h1-7,15-16,20H,8-9H2,(H,21,22)/t15-,16-,18+/m0/s1. The molecule has 0 radical (unpaired) electrons. The smallest absolute Gasteiger partial charge is 0.314 e. The summed E-state index contributed by atoms with van der Waals surface area (Å²) in [5, 5.41) is 18.7. The van der Waals surface area contributed by atoms with Crippen molar-refractivity contribution in [3.8, 4) is 11.5 Å². The van der Waals surface area contributed by atoms with E-state index in [1.54, 1.807) is 18.2 Å². The van der Waals surface area contributed by atoms with E-state index in [0.29, 0.717) is 22.1 Å². The molecule has 2 aliphatic rings. The van der Waals surface area contributed by atoms with Gasteiger partial charge in [0.1, 0.15) is 5.41 Å². The molecule has 1 aliphatic carbocycles. The molecule has 2 N–H and O–H groups in total. The molecule has 2 aromatic carbocycles. The lowest BCUT2D eigenvalue weighted by Gasteiger charge is -2.09. The summed E-state index contributed by atoms with van der Waals surface area (Å²) in [4.78, 5) is 11.9. The first kappa shape index (κ1) is 18.1. The molecule has 0 amide bonds. The van der Waals surface area contributed by atoms with Gasteiger partial charge in [-0.15, -0.1) is 0 Å². The van der Waals surface area contributed by atoms with Gasteiger partial charge in [0.25, 0.3) is 0 Å². The van der Waals surface area contributed by atoms with E-state index in [1.807, 2.05) is 0 Å². The Balaban J connectivity index is 1.80. The number of carbonyl (C=O) groups is 1. The molecule has 1 saturated carbocycles. The quantitative estimate of drug-likeness (QED) is 0.776. The molecule has 2 aromatic rings. The molecule has 1 fully saturated rings. The maximum atomic E-state index is 13.1. The Kier molecular flexibility index (Phi) is 4.10. The average Bonchev–Trinajstić information content (AvgIpc) is 3.15. The number of hydrogen-bond donors (Lipinski definition) is 2. The topological polar surface area (TPSA) is 110 Å². The number of ether oxygens (including phenoxy) is 2. The minimum atomic E-state index is -4.03. The van der Waals surface area contributed by atoms with E-state index in [4.69, 9.17) is 21.1 Å². The highest BCUT2D eigenvalue weighted by molar-refractivity contribution is 7.92. The highest BCUT2D eigenvalue weighted by atomic mass is 35.5. The Hall–Kier alpha value is -2.29. The lowest BCUT2D eigenvalue weighted by Crippen LogP contribution is -2.27. The number of halogens is 1. The number of aliphatic carboxylic acids is 1. The van der Waals surface area contributed by atoms with Crippen LogP contribution in [0.25, 0.3) is 0 Å². The van der Waals surface area contributed by atoms with Crippen LogP contribution in [0, 0.1) is 5.41 Å². The average molecular weight is 411 g/mol. The van der Waals surface area contributed by atoms with Crippen LogP contribution in [0.15, 0.2) is 47.4 Å². The Labute approximate surface area is 160 Å². The van der Waals surface area contributed by atoms with E-state index < -0.39 is 39.0 Å². The van der Waals surface area contributed by atoms with Gasteiger partial charge in [0.15, 0.2) is 21.3 Å². The molecule has 142 valence electrons. The summed E-state index contributed by atoms with van der Waals surface area (Å²) in [7, 11) is -4.03. The van der Waals surface area contributed by atoms with E-state index >= 15 is 0 Å². The molecule has 7 nitrogen and oxygen atoms in total. The van der Waals surface area contributed by atoms with Gasteiger partial charge in [0, 0.05) is 10.9 Å². The van der Waals surface area contributed by atoms with Gasteiger partial charge in [-0.3, -0.25) is 4.79 Å². The molecule has 27 heavy (non-hydrogen) atoms. The van der Waals surface area contributed by atoms with Gasteiger partial charge in [-0.1, -0.05) is 17.7 Å². The second-order valence-corrected chi connectivity index (χ2v) is 9.02. The summed E-state index contributed by atoms with van der Waals surface area (Å²) >= 11 is 5.81. The predicted octanol–water partition coefficient (Wildman–Crippen LogP) is 2.07. The summed E-state index contributed by atoms with van der Waals surface area (Å²) in [5.41, 5.74) is -1.37. The monoisotopic (exact) mass is 410 g/mol. The molecule has 0 saturated heterocycles. The molecule has 0 unspecified atom stereocenters. The van der Waals surface area contributed by atoms with Crippen molar-refractivity contribution in [3.63, 3.8) is 0 Å². The second kappa shape index (κ2) is 6.12. The normalized spacial score (nSPS) is 26.0. The zero-order valence-electron chi connectivity index (χ0n) is 13.8. The third kappa shape index (κ3) is 2.59. The zero-order chi connectivity index (χ0) is 19.4. The first-order chi connectivity index (χ1) is 12.8. The van der Waals surface area contributed by atoms with Gasteiger partial charge in [0.2, 0.25) is 6.79 Å². The molecule has 0 bridgehead atoms. The molecular formula is C18H15ClO7S. The second-order valence-electron chi connectivity index (χ2n) is 6.51. The van der Waals surface area contributed by atoms with Crippen molar-refractivity contribution in [1.29, 1.82) is 0 Å². The lowest BCUT2D eigenvalue weighted by molar-refractivity contribution is -0.145.